The summed E-state index contributed by atoms with van der Waals surface area (Å²) in [5.74, 6) is 0.122. The van der Waals surface area contributed by atoms with E-state index in [0.717, 1.165) is 16.1 Å². The fourth-order valence-electron chi connectivity index (χ4n) is 1.72. The molecule has 2 rings (SSSR count). The lowest BCUT2D eigenvalue weighted by molar-refractivity contribution is -0.129. The summed E-state index contributed by atoms with van der Waals surface area (Å²) in [4.78, 5) is 15.7. The molecule has 1 unspecified atom stereocenters. The van der Waals surface area contributed by atoms with Gasteiger partial charge in [-0.25, -0.2) is 4.98 Å². The number of aromatic nitrogens is 1. The van der Waals surface area contributed by atoms with Crippen LogP contribution in [0.2, 0.25) is 5.02 Å². The lowest BCUT2D eigenvalue weighted by Gasteiger charge is -2.10. The van der Waals surface area contributed by atoms with E-state index in [4.69, 9.17) is 16.3 Å². The molecule has 1 aromatic carbocycles. The van der Waals surface area contributed by atoms with Crippen molar-refractivity contribution in [2.24, 2.45) is 0 Å². The topological polar surface area (TPSA) is 39.2 Å². The maximum Gasteiger partial charge on any atom is 0.293 e. The van der Waals surface area contributed by atoms with Crippen LogP contribution >= 0.6 is 22.9 Å². The molecule has 0 fully saturated rings. The minimum Gasteiger partial charge on any atom is -0.467 e. The summed E-state index contributed by atoms with van der Waals surface area (Å²) >= 11 is 7.54. The van der Waals surface area contributed by atoms with Crippen LogP contribution in [0, 0.1) is 0 Å². The molecule has 0 aliphatic rings. The van der Waals surface area contributed by atoms with E-state index in [-0.39, 0.29) is 5.92 Å². The Bertz CT molecular complexity index is 541. The molecule has 0 amide bonds. The number of nitrogens with zero attached hydrogens (tertiary/aromatic N) is 1. The van der Waals surface area contributed by atoms with Crippen molar-refractivity contribution in [2.75, 3.05) is 6.61 Å². The van der Waals surface area contributed by atoms with E-state index in [9.17, 15) is 4.79 Å². The average molecular weight is 282 g/mol. The highest BCUT2D eigenvalue weighted by atomic mass is 35.5. The first-order chi connectivity index (χ1) is 8.72. The van der Waals surface area contributed by atoms with Gasteiger partial charge in [0.1, 0.15) is 0 Å². The van der Waals surface area contributed by atoms with E-state index < -0.39 is 0 Å². The molecule has 0 saturated carbocycles. The van der Waals surface area contributed by atoms with Gasteiger partial charge in [-0.1, -0.05) is 30.7 Å². The first-order valence-electron chi connectivity index (χ1n) is 5.47. The van der Waals surface area contributed by atoms with Gasteiger partial charge in [0.15, 0.2) is 0 Å². The Morgan fingerprint density at radius 1 is 1.56 bits per heavy atom. The minimum absolute atomic E-state index is 0.122. The van der Waals surface area contributed by atoms with Crippen molar-refractivity contribution in [2.45, 2.75) is 12.8 Å². The van der Waals surface area contributed by atoms with Crippen molar-refractivity contribution in [1.29, 1.82) is 0 Å². The van der Waals surface area contributed by atoms with Gasteiger partial charge in [-0.15, -0.1) is 11.3 Å². The van der Waals surface area contributed by atoms with Crippen LogP contribution in [0.4, 0.5) is 0 Å². The minimum atomic E-state index is 0.122. The fraction of sp³-hybridized carbons (Fsp3) is 0.231. The molecule has 1 aromatic heterocycles. The van der Waals surface area contributed by atoms with Crippen molar-refractivity contribution in [3.63, 3.8) is 0 Å². The SMILES string of the molecule is CC(COC=O)c1scnc1-c1cccc(Cl)c1. The standard InChI is InChI=1S/C13H12ClNO2S/c1-9(6-17-8-16)13-12(15-7-18-13)10-3-2-4-11(14)5-10/h2-5,7-9H,6H2,1H3. The number of carbonyl (C=O) groups excluding carboxylic acids is 1. The Balaban J connectivity index is 2.29. The molecule has 5 heteroatoms. The number of hydrogen-bond acceptors (Lipinski definition) is 4. The van der Waals surface area contributed by atoms with Gasteiger partial charge in [-0.2, -0.15) is 0 Å². The highest BCUT2D eigenvalue weighted by Gasteiger charge is 2.15. The Hall–Kier alpha value is -1.39. The molecule has 94 valence electrons. The lowest BCUT2D eigenvalue weighted by atomic mass is 10.0. The van der Waals surface area contributed by atoms with Crippen molar-refractivity contribution in [3.8, 4) is 11.3 Å². The molecule has 3 nitrogen and oxygen atoms in total. The first-order valence-corrected chi connectivity index (χ1v) is 6.72. The Morgan fingerprint density at radius 3 is 3.11 bits per heavy atom. The zero-order valence-corrected chi connectivity index (χ0v) is 11.4. The molecule has 0 aliphatic carbocycles. The number of carbonyl (C=O) groups is 1. The number of ether oxygens (including phenoxy) is 1. The molecule has 18 heavy (non-hydrogen) atoms. The van der Waals surface area contributed by atoms with Crippen molar-refractivity contribution in [3.05, 3.63) is 39.7 Å². The summed E-state index contributed by atoms with van der Waals surface area (Å²) < 4.78 is 4.81. The van der Waals surface area contributed by atoms with Crippen LogP contribution in [0.15, 0.2) is 29.8 Å². The lowest BCUT2D eigenvalue weighted by Crippen LogP contribution is -2.03. The summed E-state index contributed by atoms with van der Waals surface area (Å²) in [7, 11) is 0. The fourth-order valence-corrected chi connectivity index (χ4v) is 2.76. The normalized spacial score (nSPS) is 12.1. The van der Waals surface area contributed by atoms with Gasteiger partial charge in [0.25, 0.3) is 6.47 Å². The highest BCUT2D eigenvalue weighted by molar-refractivity contribution is 7.10. The number of thiazole rings is 1. The van der Waals surface area contributed by atoms with Crippen LogP contribution in [-0.4, -0.2) is 18.1 Å². The van der Waals surface area contributed by atoms with E-state index in [0.29, 0.717) is 18.1 Å². The predicted molar refractivity (Wildman–Crippen MR) is 73.0 cm³/mol. The highest BCUT2D eigenvalue weighted by Crippen LogP contribution is 2.32. The quantitative estimate of drug-likeness (QED) is 0.784. The maximum absolute atomic E-state index is 10.2. The van der Waals surface area contributed by atoms with Gasteiger partial charge in [0, 0.05) is 21.4 Å². The van der Waals surface area contributed by atoms with Crippen LogP contribution in [-0.2, 0) is 9.53 Å². The number of rotatable bonds is 5. The van der Waals surface area contributed by atoms with Crippen molar-refractivity contribution < 1.29 is 9.53 Å². The summed E-state index contributed by atoms with van der Waals surface area (Å²) in [6, 6.07) is 7.58. The van der Waals surface area contributed by atoms with Crippen LogP contribution in [0.5, 0.6) is 0 Å². The van der Waals surface area contributed by atoms with Crippen LogP contribution in [0.1, 0.15) is 17.7 Å². The number of hydrogen-bond donors (Lipinski definition) is 0. The Labute approximate surface area is 114 Å². The van der Waals surface area contributed by atoms with Crippen LogP contribution < -0.4 is 0 Å². The third-order valence-electron chi connectivity index (χ3n) is 2.55. The average Bonchev–Trinajstić information content (AvgIpc) is 2.85. The molecule has 1 atom stereocenters. The van der Waals surface area contributed by atoms with E-state index in [1.54, 1.807) is 16.8 Å². The predicted octanol–water partition coefficient (Wildman–Crippen LogP) is 3.74. The molecule has 0 aliphatic heterocycles. The molecular weight excluding hydrogens is 270 g/mol. The number of benzene rings is 1. The Kier molecular flexibility index (Phi) is 4.33. The molecule has 0 saturated heterocycles. The molecule has 0 N–H and O–H groups in total. The molecular formula is C13H12ClNO2S. The Morgan fingerprint density at radius 2 is 2.39 bits per heavy atom. The second-order valence-electron chi connectivity index (χ2n) is 3.91. The van der Waals surface area contributed by atoms with E-state index in [1.807, 2.05) is 31.2 Å². The summed E-state index contributed by atoms with van der Waals surface area (Å²) in [6.45, 7) is 2.83. The number of halogens is 1. The zero-order chi connectivity index (χ0) is 13.0. The summed E-state index contributed by atoms with van der Waals surface area (Å²) in [6.07, 6.45) is 0. The van der Waals surface area contributed by atoms with Gasteiger partial charge in [0.2, 0.25) is 0 Å². The summed E-state index contributed by atoms with van der Waals surface area (Å²) in [5, 5.41) is 0.684. The van der Waals surface area contributed by atoms with Crippen LogP contribution in [0.25, 0.3) is 11.3 Å². The van der Waals surface area contributed by atoms with Crippen molar-refractivity contribution in [1.82, 2.24) is 4.98 Å². The van der Waals surface area contributed by atoms with Crippen LogP contribution in [0.3, 0.4) is 0 Å². The molecule has 0 spiro atoms. The van der Waals surface area contributed by atoms with E-state index in [1.165, 1.54) is 0 Å². The van der Waals surface area contributed by atoms with Gasteiger partial charge in [0.05, 0.1) is 17.8 Å². The van der Waals surface area contributed by atoms with Gasteiger partial charge in [-0.05, 0) is 12.1 Å². The first kappa shape index (κ1) is 13.1. The third kappa shape index (κ3) is 2.89. The van der Waals surface area contributed by atoms with E-state index >= 15 is 0 Å². The second kappa shape index (κ2) is 5.98. The maximum atomic E-state index is 10.2. The monoisotopic (exact) mass is 281 g/mol. The van der Waals surface area contributed by atoms with Gasteiger partial charge in [-0.3, -0.25) is 4.79 Å². The molecule has 0 radical (unpaired) electrons. The largest absolute Gasteiger partial charge is 0.467 e. The van der Waals surface area contributed by atoms with Gasteiger partial charge >= 0.3 is 0 Å². The zero-order valence-electron chi connectivity index (χ0n) is 9.80. The smallest absolute Gasteiger partial charge is 0.293 e. The second-order valence-corrected chi connectivity index (χ2v) is 5.23. The molecule has 2 aromatic rings. The van der Waals surface area contributed by atoms with E-state index in [2.05, 4.69) is 4.98 Å². The van der Waals surface area contributed by atoms with Gasteiger partial charge < -0.3 is 4.74 Å². The molecule has 0 bridgehead atoms. The van der Waals surface area contributed by atoms with Crippen molar-refractivity contribution >= 4 is 29.4 Å². The third-order valence-corrected chi connectivity index (χ3v) is 3.85. The molecule has 1 heterocycles. The summed E-state index contributed by atoms with van der Waals surface area (Å²) in [5.41, 5.74) is 3.68.